The van der Waals surface area contributed by atoms with Crippen LogP contribution in [0, 0.1) is 17.2 Å². The zero-order chi connectivity index (χ0) is 9.26. The van der Waals surface area contributed by atoms with Crippen LogP contribution in [-0.4, -0.2) is 10.9 Å². The van der Waals surface area contributed by atoms with E-state index in [1.54, 1.807) is 0 Å². The summed E-state index contributed by atoms with van der Waals surface area (Å²) < 4.78 is 3.91. The second kappa shape index (κ2) is 3.52. The molecule has 5 heteroatoms. The molecule has 3 nitrogen and oxygen atoms in total. The molecular weight excluding hydrogens is 206 g/mol. The quantitative estimate of drug-likeness (QED) is 0.839. The van der Waals surface area contributed by atoms with E-state index < -0.39 is 0 Å². The first-order chi connectivity index (χ1) is 6.31. The van der Waals surface area contributed by atoms with Crippen LogP contribution in [-0.2, 0) is 0 Å². The number of nitriles is 1. The summed E-state index contributed by atoms with van der Waals surface area (Å²) in [5, 5.41) is 12.3. The number of hydrogen-bond donors (Lipinski definition) is 1. The zero-order valence-electron chi connectivity index (χ0n) is 6.88. The number of halogens is 1. The normalized spacial score (nSPS) is 15.4. The monoisotopic (exact) mass is 213 g/mol. The van der Waals surface area contributed by atoms with E-state index in [0.29, 0.717) is 15.7 Å². The number of nitrogens with zero attached hydrogens (tertiary/aromatic N) is 2. The Morgan fingerprint density at radius 2 is 2.46 bits per heavy atom. The molecule has 1 aromatic rings. The summed E-state index contributed by atoms with van der Waals surface area (Å²) in [7, 11) is 0. The SMILES string of the molecule is N#Cc1snc(Cl)c1NCC1CC1. The van der Waals surface area contributed by atoms with E-state index in [-0.39, 0.29) is 0 Å². The lowest BCUT2D eigenvalue weighted by Gasteiger charge is -2.01. The molecule has 0 saturated heterocycles. The molecular formula is C8H8ClN3S. The van der Waals surface area contributed by atoms with Crippen molar-refractivity contribution >= 4 is 28.8 Å². The van der Waals surface area contributed by atoms with Crippen molar-refractivity contribution in [3.8, 4) is 6.07 Å². The summed E-state index contributed by atoms with van der Waals surface area (Å²) in [5.74, 6) is 0.766. The molecule has 0 amide bonds. The van der Waals surface area contributed by atoms with E-state index in [0.717, 1.165) is 24.0 Å². The van der Waals surface area contributed by atoms with Gasteiger partial charge in [0.25, 0.3) is 0 Å². The Morgan fingerprint density at radius 3 is 3.08 bits per heavy atom. The Kier molecular flexibility index (Phi) is 2.38. The highest BCUT2D eigenvalue weighted by molar-refractivity contribution is 7.07. The van der Waals surface area contributed by atoms with Gasteiger partial charge in [0.1, 0.15) is 16.6 Å². The predicted octanol–water partition coefficient (Wildman–Crippen LogP) is 2.49. The highest BCUT2D eigenvalue weighted by atomic mass is 35.5. The van der Waals surface area contributed by atoms with Gasteiger partial charge in [0.05, 0.1) is 0 Å². The molecule has 0 unspecified atom stereocenters. The second-order valence-electron chi connectivity index (χ2n) is 3.11. The van der Waals surface area contributed by atoms with Gasteiger partial charge in [-0.3, -0.25) is 0 Å². The molecule has 0 bridgehead atoms. The van der Waals surface area contributed by atoms with Crippen molar-refractivity contribution in [1.29, 1.82) is 5.26 Å². The average molecular weight is 214 g/mol. The highest BCUT2D eigenvalue weighted by Gasteiger charge is 2.22. The van der Waals surface area contributed by atoms with Gasteiger partial charge in [-0.1, -0.05) is 11.6 Å². The zero-order valence-corrected chi connectivity index (χ0v) is 8.45. The highest BCUT2D eigenvalue weighted by Crippen LogP contribution is 2.32. The topological polar surface area (TPSA) is 48.7 Å². The molecule has 68 valence electrons. The number of hydrogen-bond acceptors (Lipinski definition) is 4. The summed E-state index contributed by atoms with van der Waals surface area (Å²) in [6.07, 6.45) is 2.56. The third-order valence-corrected chi connectivity index (χ3v) is 3.14. The Bertz CT molecular complexity index is 351. The van der Waals surface area contributed by atoms with Gasteiger partial charge >= 0.3 is 0 Å². The summed E-state index contributed by atoms with van der Waals surface area (Å²) >= 11 is 6.96. The van der Waals surface area contributed by atoms with Crippen LogP contribution in [0.1, 0.15) is 17.7 Å². The predicted molar refractivity (Wildman–Crippen MR) is 53.1 cm³/mol. The van der Waals surface area contributed by atoms with Gasteiger partial charge < -0.3 is 5.32 Å². The molecule has 0 aromatic carbocycles. The lowest BCUT2D eigenvalue weighted by atomic mass is 10.4. The first-order valence-corrected chi connectivity index (χ1v) is 5.25. The molecule has 0 aliphatic heterocycles. The molecule has 1 aliphatic rings. The third kappa shape index (κ3) is 1.93. The maximum Gasteiger partial charge on any atom is 0.167 e. The number of rotatable bonds is 3. The first kappa shape index (κ1) is 8.79. The van der Waals surface area contributed by atoms with Gasteiger partial charge in [-0.05, 0) is 30.3 Å². The average Bonchev–Trinajstić information content (AvgIpc) is 2.88. The van der Waals surface area contributed by atoms with Crippen molar-refractivity contribution in [3.63, 3.8) is 0 Å². The Labute approximate surface area is 85.5 Å². The third-order valence-electron chi connectivity index (χ3n) is 2.02. The summed E-state index contributed by atoms with van der Waals surface area (Å²) in [5.41, 5.74) is 0.709. The lowest BCUT2D eigenvalue weighted by Crippen LogP contribution is -2.03. The van der Waals surface area contributed by atoms with Crippen LogP contribution < -0.4 is 5.32 Å². The molecule has 1 aromatic heterocycles. The largest absolute Gasteiger partial charge is 0.380 e. The van der Waals surface area contributed by atoms with Crippen molar-refractivity contribution in [3.05, 3.63) is 10.0 Å². The van der Waals surface area contributed by atoms with Gasteiger partial charge in [-0.2, -0.15) is 9.64 Å². The molecule has 1 aliphatic carbocycles. The van der Waals surface area contributed by atoms with E-state index in [2.05, 4.69) is 15.8 Å². The van der Waals surface area contributed by atoms with Gasteiger partial charge in [0.15, 0.2) is 5.15 Å². The summed E-state index contributed by atoms with van der Waals surface area (Å²) in [6.45, 7) is 0.910. The van der Waals surface area contributed by atoms with Crippen LogP contribution in [0.15, 0.2) is 0 Å². The Balaban J connectivity index is 2.07. The van der Waals surface area contributed by atoms with E-state index in [1.807, 2.05) is 0 Å². The van der Waals surface area contributed by atoms with Crippen molar-refractivity contribution in [1.82, 2.24) is 4.37 Å². The molecule has 1 saturated carbocycles. The molecule has 1 N–H and O–H groups in total. The van der Waals surface area contributed by atoms with Crippen LogP contribution in [0.5, 0.6) is 0 Å². The molecule has 1 heterocycles. The smallest absolute Gasteiger partial charge is 0.167 e. The van der Waals surface area contributed by atoms with E-state index in [1.165, 1.54) is 12.8 Å². The fourth-order valence-electron chi connectivity index (χ4n) is 1.07. The van der Waals surface area contributed by atoms with Crippen molar-refractivity contribution in [2.45, 2.75) is 12.8 Å². The van der Waals surface area contributed by atoms with E-state index in [9.17, 15) is 0 Å². The first-order valence-electron chi connectivity index (χ1n) is 4.10. The minimum atomic E-state index is 0.419. The van der Waals surface area contributed by atoms with Crippen LogP contribution in [0.3, 0.4) is 0 Å². The van der Waals surface area contributed by atoms with E-state index >= 15 is 0 Å². The molecule has 0 spiro atoms. The number of nitrogens with one attached hydrogen (secondary N) is 1. The van der Waals surface area contributed by atoms with E-state index in [4.69, 9.17) is 16.9 Å². The fourth-order valence-corrected chi connectivity index (χ4v) is 1.95. The van der Waals surface area contributed by atoms with Crippen LogP contribution in [0.2, 0.25) is 5.15 Å². The van der Waals surface area contributed by atoms with Crippen LogP contribution >= 0.6 is 23.1 Å². The summed E-state index contributed by atoms with van der Waals surface area (Å²) in [4.78, 5) is 0.575. The minimum Gasteiger partial charge on any atom is -0.380 e. The van der Waals surface area contributed by atoms with Gasteiger partial charge in [-0.15, -0.1) is 0 Å². The van der Waals surface area contributed by atoms with Gasteiger partial charge in [0, 0.05) is 6.54 Å². The Hall–Kier alpha value is -0.790. The minimum absolute atomic E-state index is 0.419. The summed E-state index contributed by atoms with van der Waals surface area (Å²) in [6, 6.07) is 2.07. The maximum absolute atomic E-state index is 8.73. The van der Waals surface area contributed by atoms with Crippen molar-refractivity contribution in [2.24, 2.45) is 5.92 Å². The molecule has 13 heavy (non-hydrogen) atoms. The van der Waals surface area contributed by atoms with Crippen LogP contribution in [0.25, 0.3) is 0 Å². The van der Waals surface area contributed by atoms with Gasteiger partial charge in [0.2, 0.25) is 0 Å². The number of anilines is 1. The van der Waals surface area contributed by atoms with Crippen molar-refractivity contribution < 1.29 is 0 Å². The molecule has 0 radical (unpaired) electrons. The second-order valence-corrected chi connectivity index (χ2v) is 4.24. The Morgan fingerprint density at radius 1 is 1.69 bits per heavy atom. The van der Waals surface area contributed by atoms with Gasteiger partial charge in [-0.25, -0.2) is 0 Å². The van der Waals surface area contributed by atoms with Crippen molar-refractivity contribution in [2.75, 3.05) is 11.9 Å². The lowest BCUT2D eigenvalue weighted by molar-refractivity contribution is 0.889. The number of aromatic nitrogens is 1. The standard InChI is InChI=1S/C8H8ClN3S/c9-8-7(6(3-10)13-12-8)11-4-5-1-2-5/h5,11H,1-2,4H2. The maximum atomic E-state index is 8.73. The molecule has 2 rings (SSSR count). The van der Waals surface area contributed by atoms with Crippen LogP contribution in [0.4, 0.5) is 5.69 Å². The molecule has 0 atom stereocenters. The molecule has 1 fully saturated rings. The fraction of sp³-hybridized carbons (Fsp3) is 0.500.